The molecule has 3 rings (SSSR count). The molecule has 0 aliphatic carbocycles. The highest BCUT2D eigenvalue weighted by Crippen LogP contribution is 2.26. The van der Waals surface area contributed by atoms with Gasteiger partial charge in [-0.15, -0.1) is 0 Å². The predicted molar refractivity (Wildman–Crippen MR) is 120 cm³/mol. The van der Waals surface area contributed by atoms with Gasteiger partial charge in [0.05, 0.1) is 18.3 Å². The molecule has 0 aliphatic heterocycles. The number of ether oxygens (including phenoxy) is 2. The first-order valence-corrected chi connectivity index (χ1v) is 10.3. The molecule has 3 aromatic carbocycles. The van der Waals surface area contributed by atoms with Gasteiger partial charge >= 0.3 is 0 Å². The summed E-state index contributed by atoms with van der Waals surface area (Å²) in [6.07, 6.45) is 0.836. The van der Waals surface area contributed by atoms with Crippen LogP contribution in [0.15, 0.2) is 77.3 Å². The van der Waals surface area contributed by atoms with Gasteiger partial charge in [0.15, 0.2) is 0 Å². The molecule has 0 heterocycles. The van der Waals surface area contributed by atoms with Crippen molar-refractivity contribution >= 4 is 27.5 Å². The Labute approximate surface area is 180 Å². The second-order valence-electron chi connectivity index (χ2n) is 6.87. The van der Waals surface area contributed by atoms with Crippen LogP contribution < -0.4 is 14.8 Å². The van der Waals surface area contributed by atoms with Crippen molar-refractivity contribution in [3.8, 4) is 11.5 Å². The van der Waals surface area contributed by atoms with Gasteiger partial charge in [0, 0.05) is 22.6 Å². The summed E-state index contributed by atoms with van der Waals surface area (Å²) < 4.78 is 12.4. The van der Waals surface area contributed by atoms with E-state index in [0.29, 0.717) is 29.4 Å². The molecule has 0 spiro atoms. The van der Waals surface area contributed by atoms with Crippen molar-refractivity contribution in [1.29, 1.82) is 0 Å². The van der Waals surface area contributed by atoms with E-state index < -0.39 is 0 Å². The van der Waals surface area contributed by atoms with E-state index in [4.69, 9.17) is 9.47 Å². The van der Waals surface area contributed by atoms with E-state index in [-0.39, 0.29) is 12.0 Å². The Hall–Kier alpha value is -2.79. The van der Waals surface area contributed by atoms with Crippen LogP contribution in [0.25, 0.3) is 0 Å². The summed E-state index contributed by atoms with van der Waals surface area (Å²) in [6.45, 7) is 4.42. The minimum absolute atomic E-state index is 0.0654. The van der Waals surface area contributed by atoms with Gasteiger partial charge in [0.25, 0.3) is 5.91 Å². The topological polar surface area (TPSA) is 47.6 Å². The molecule has 0 aliphatic rings. The summed E-state index contributed by atoms with van der Waals surface area (Å²) in [4.78, 5) is 12.9. The first kappa shape index (κ1) is 20.9. The summed E-state index contributed by atoms with van der Waals surface area (Å²) in [7, 11) is 0. The molecule has 29 heavy (non-hydrogen) atoms. The molecule has 1 N–H and O–H groups in total. The van der Waals surface area contributed by atoms with Crippen LogP contribution >= 0.6 is 15.9 Å². The van der Waals surface area contributed by atoms with E-state index in [9.17, 15) is 4.79 Å². The molecule has 0 fully saturated rings. The van der Waals surface area contributed by atoms with Crippen LogP contribution in [-0.4, -0.2) is 18.6 Å². The Morgan fingerprint density at radius 1 is 1.00 bits per heavy atom. The third-order valence-corrected chi connectivity index (χ3v) is 4.63. The average Bonchev–Trinajstić information content (AvgIpc) is 2.69. The number of anilines is 1. The van der Waals surface area contributed by atoms with E-state index in [1.807, 2.05) is 68.4 Å². The third-order valence-electron chi connectivity index (χ3n) is 4.14. The zero-order valence-corrected chi connectivity index (χ0v) is 18.1. The van der Waals surface area contributed by atoms with Crippen molar-refractivity contribution in [3.63, 3.8) is 0 Å². The summed E-state index contributed by atoms with van der Waals surface area (Å²) in [5, 5.41) is 2.93. The maximum absolute atomic E-state index is 12.9. The van der Waals surface area contributed by atoms with Gasteiger partial charge in [-0.25, -0.2) is 0 Å². The van der Waals surface area contributed by atoms with Gasteiger partial charge in [-0.2, -0.15) is 0 Å². The Morgan fingerprint density at radius 2 is 1.79 bits per heavy atom. The molecule has 0 unspecified atom stereocenters. The first-order chi connectivity index (χ1) is 14.0. The molecule has 1 amide bonds. The van der Waals surface area contributed by atoms with Crippen LogP contribution in [0, 0.1) is 0 Å². The Balaban J connectivity index is 1.70. The first-order valence-electron chi connectivity index (χ1n) is 9.55. The fraction of sp³-hybridized carbons (Fsp3) is 0.208. The Kier molecular flexibility index (Phi) is 7.30. The standard InChI is InChI=1S/C24H24BrNO3/c1-17(2)29-21-10-6-9-20(16-21)26-24(27)22-15-19(25)11-12-23(22)28-14-13-18-7-4-3-5-8-18/h3-12,15-17H,13-14H2,1-2H3,(H,26,27). The van der Waals surface area contributed by atoms with E-state index in [2.05, 4.69) is 33.4 Å². The zero-order valence-electron chi connectivity index (χ0n) is 16.5. The molecular formula is C24H24BrNO3. The van der Waals surface area contributed by atoms with Crippen LogP contribution in [0.3, 0.4) is 0 Å². The molecule has 0 radical (unpaired) electrons. The summed E-state index contributed by atoms with van der Waals surface area (Å²) >= 11 is 3.44. The van der Waals surface area contributed by atoms with E-state index in [0.717, 1.165) is 10.9 Å². The molecule has 0 saturated carbocycles. The number of halogens is 1. The van der Waals surface area contributed by atoms with E-state index in [1.165, 1.54) is 5.56 Å². The number of hydrogen-bond acceptors (Lipinski definition) is 3. The van der Waals surface area contributed by atoms with Crippen LogP contribution in [0.2, 0.25) is 0 Å². The highest BCUT2D eigenvalue weighted by molar-refractivity contribution is 9.10. The molecular weight excluding hydrogens is 430 g/mol. The highest BCUT2D eigenvalue weighted by Gasteiger charge is 2.14. The molecule has 0 saturated heterocycles. The fourth-order valence-electron chi connectivity index (χ4n) is 2.85. The summed E-state index contributed by atoms with van der Waals surface area (Å²) in [5.74, 6) is 1.03. The van der Waals surface area contributed by atoms with Gasteiger partial charge in [0.2, 0.25) is 0 Å². The van der Waals surface area contributed by atoms with E-state index in [1.54, 1.807) is 6.07 Å². The molecule has 0 atom stereocenters. The van der Waals surface area contributed by atoms with Crippen LogP contribution in [0.1, 0.15) is 29.8 Å². The lowest BCUT2D eigenvalue weighted by atomic mass is 10.1. The van der Waals surface area contributed by atoms with Gasteiger partial charge in [0.1, 0.15) is 11.5 Å². The van der Waals surface area contributed by atoms with Gasteiger partial charge in [-0.1, -0.05) is 52.3 Å². The Bertz CT molecular complexity index is 957. The number of nitrogens with one attached hydrogen (secondary N) is 1. The molecule has 3 aromatic rings. The number of hydrogen-bond donors (Lipinski definition) is 1. The average molecular weight is 454 g/mol. The third kappa shape index (κ3) is 6.36. The van der Waals surface area contributed by atoms with Gasteiger partial charge < -0.3 is 14.8 Å². The maximum Gasteiger partial charge on any atom is 0.259 e. The largest absolute Gasteiger partial charge is 0.492 e. The van der Waals surface area contributed by atoms with Crippen LogP contribution in [0.4, 0.5) is 5.69 Å². The Morgan fingerprint density at radius 3 is 2.55 bits per heavy atom. The highest BCUT2D eigenvalue weighted by atomic mass is 79.9. The van der Waals surface area contributed by atoms with Crippen LogP contribution in [-0.2, 0) is 6.42 Å². The monoisotopic (exact) mass is 453 g/mol. The quantitative estimate of drug-likeness (QED) is 0.447. The summed E-state index contributed by atoms with van der Waals surface area (Å²) in [6, 6.07) is 22.9. The molecule has 4 nitrogen and oxygen atoms in total. The van der Waals surface area contributed by atoms with E-state index >= 15 is 0 Å². The number of benzene rings is 3. The van der Waals surface area contributed by atoms with Crippen LogP contribution in [0.5, 0.6) is 11.5 Å². The SMILES string of the molecule is CC(C)Oc1cccc(NC(=O)c2cc(Br)ccc2OCCc2ccccc2)c1. The fourth-order valence-corrected chi connectivity index (χ4v) is 3.21. The number of rotatable bonds is 8. The van der Waals surface area contributed by atoms with Crippen molar-refractivity contribution in [2.45, 2.75) is 26.4 Å². The molecule has 5 heteroatoms. The maximum atomic E-state index is 12.9. The molecule has 150 valence electrons. The molecule has 0 aromatic heterocycles. The van der Waals surface area contributed by atoms with Gasteiger partial charge in [-0.3, -0.25) is 4.79 Å². The zero-order chi connectivity index (χ0) is 20.6. The number of carbonyl (C=O) groups excluding carboxylic acids is 1. The van der Waals surface area contributed by atoms with Crippen molar-refractivity contribution in [1.82, 2.24) is 0 Å². The summed E-state index contributed by atoms with van der Waals surface area (Å²) in [5.41, 5.74) is 2.34. The lowest BCUT2D eigenvalue weighted by Gasteiger charge is -2.14. The second-order valence-corrected chi connectivity index (χ2v) is 7.79. The van der Waals surface area contributed by atoms with Crippen molar-refractivity contribution < 1.29 is 14.3 Å². The minimum Gasteiger partial charge on any atom is -0.492 e. The normalized spacial score (nSPS) is 10.6. The van der Waals surface area contributed by atoms with Gasteiger partial charge in [-0.05, 0) is 49.7 Å². The van der Waals surface area contributed by atoms with Crippen molar-refractivity contribution in [3.05, 3.63) is 88.4 Å². The number of carbonyl (C=O) groups is 1. The lowest BCUT2D eigenvalue weighted by Crippen LogP contribution is -2.15. The second kappa shape index (κ2) is 10.1. The number of amides is 1. The predicted octanol–water partition coefficient (Wildman–Crippen LogP) is 6.11. The smallest absolute Gasteiger partial charge is 0.259 e. The minimum atomic E-state index is -0.234. The van der Waals surface area contributed by atoms with Crippen molar-refractivity contribution in [2.24, 2.45) is 0 Å². The molecule has 0 bridgehead atoms. The van der Waals surface area contributed by atoms with Crippen molar-refractivity contribution in [2.75, 3.05) is 11.9 Å². The lowest BCUT2D eigenvalue weighted by molar-refractivity contribution is 0.102.